The van der Waals surface area contributed by atoms with E-state index < -0.39 is 23.8 Å². The van der Waals surface area contributed by atoms with Gasteiger partial charge in [-0.25, -0.2) is 4.79 Å². The number of aryl methyl sites for hydroxylation is 2. The molecular formula is C15H20O4. The van der Waals surface area contributed by atoms with Crippen molar-refractivity contribution in [2.45, 2.75) is 51.4 Å². The molecule has 104 valence electrons. The first-order chi connectivity index (χ1) is 8.86. The molecule has 2 rings (SSSR count). The first-order valence-electron chi connectivity index (χ1n) is 6.56. The molecule has 0 heterocycles. The van der Waals surface area contributed by atoms with E-state index in [1.54, 1.807) is 13.8 Å². The number of hydrogen-bond acceptors (Lipinski definition) is 3. The largest absolute Gasteiger partial charge is 0.479 e. The summed E-state index contributed by atoms with van der Waals surface area (Å²) in [6, 6.07) is 5.83. The zero-order chi connectivity index (χ0) is 14.2. The number of carbonyl (C=O) groups is 1. The van der Waals surface area contributed by atoms with Gasteiger partial charge in [0.2, 0.25) is 0 Å². The highest BCUT2D eigenvalue weighted by Gasteiger charge is 2.48. The highest BCUT2D eigenvalue weighted by Crippen LogP contribution is 2.42. The second-order valence-electron chi connectivity index (χ2n) is 5.36. The molecule has 1 aromatic carbocycles. The molecular weight excluding hydrogens is 244 g/mol. The SMILES string of the molecule is Cc1ccc2c(c1)C(OC(C)C(C)O)(C(=O)O)CC2. The first-order valence-corrected chi connectivity index (χ1v) is 6.56. The number of carboxylic acid groups (broad SMARTS) is 1. The van der Waals surface area contributed by atoms with Crippen LogP contribution < -0.4 is 0 Å². The lowest BCUT2D eigenvalue weighted by atomic mass is 9.94. The van der Waals surface area contributed by atoms with Crippen molar-refractivity contribution in [2.75, 3.05) is 0 Å². The number of aliphatic carboxylic acids is 1. The van der Waals surface area contributed by atoms with Crippen molar-refractivity contribution < 1.29 is 19.7 Å². The molecule has 1 aliphatic rings. The summed E-state index contributed by atoms with van der Waals surface area (Å²) in [5.74, 6) is -0.982. The maximum absolute atomic E-state index is 11.7. The molecule has 4 nitrogen and oxygen atoms in total. The van der Waals surface area contributed by atoms with Crippen LogP contribution in [-0.4, -0.2) is 28.4 Å². The van der Waals surface area contributed by atoms with Gasteiger partial charge in [-0.3, -0.25) is 0 Å². The van der Waals surface area contributed by atoms with E-state index in [1.165, 1.54) is 0 Å². The van der Waals surface area contributed by atoms with Crippen LogP contribution in [0.4, 0.5) is 0 Å². The zero-order valence-electron chi connectivity index (χ0n) is 11.5. The molecule has 2 N–H and O–H groups in total. The maximum atomic E-state index is 11.7. The Labute approximate surface area is 113 Å². The molecule has 0 spiro atoms. The Kier molecular flexibility index (Phi) is 3.65. The zero-order valence-corrected chi connectivity index (χ0v) is 11.5. The second-order valence-corrected chi connectivity index (χ2v) is 5.36. The molecule has 0 bridgehead atoms. The van der Waals surface area contributed by atoms with E-state index in [2.05, 4.69) is 0 Å². The lowest BCUT2D eigenvalue weighted by Crippen LogP contribution is -2.42. The predicted octanol–water partition coefficient (Wildman–Crippen LogP) is 2.01. The molecule has 0 radical (unpaired) electrons. The van der Waals surface area contributed by atoms with Gasteiger partial charge in [-0.2, -0.15) is 0 Å². The van der Waals surface area contributed by atoms with E-state index in [0.717, 1.165) is 16.7 Å². The summed E-state index contributed by atoms with van der Waals surface area (Å²) in [7, 11) is 0. The Morgan fingerprint density at radius 2 is 2.11 bits per heavy atom. The number of aliphatic hydroxyl groups is 1. The van der Waals surface area contributed by atoms with Crippen LogP contribution in [0.25, 0.3) is 0 Å². The number of rotatable bonds is 4. The summed E-state index contributed by atoms with van der Waals surface area (Å²) < 4.78 is 5.75. The number of fused-ring (bicyclic) bond motifs is 1. The Morgan fingerprint density at radius 3 is 2.68 bits per heavy atom. The molecule has 19 heavy (non-hydrogen) atoms. The van der Waals surface area contributed by atoms with Gasteiger partial charge >= 0.3 is 5.97 Å². The fourth-order valence-corrected chi connectivity index (χ4v) is 2.54. The first kappa shape index (κ1) is 14.0. The minimum atomic E-state index is -1.32. The van der Waals surface area contributed by atoms with Crippen molar-refractivity contribution >= 4 is 5.97 Å². The minimum Gasteiger partial charge on any atom is -0.479 e. The molecule has 1 aromatic rings. The van der Waals surface area contributed by atoms with Crippen LogP contribution in [0.3, 0.4) is 0 Å². The van der Waals surface area contributed by atoms with Crippen molar-refractivity contribution in [1.82, 2.24) is 0 Å². The third-order valence-electron chi connectivity index (χ3n) is 3.86. The van der Waals surface area contributed by atoms with E-state index in [-0.39, 0.29) is 0 Å². The van der Waals surface area contributed by atoms with E-state index in [4.69, 9.17) is 4.74 Å². The Bertz CT molecular complexity index is 495. The Morgan fingerprint density at radius 1 is 1.42 bits per heavy atom. The van der Waals surface area contributed by atoms with E-state index in [0.29, 0.717) is 12.8 Å². The number of hydrogen-bond donors (Lipinski definition) is 2. The van der Waals surface area contributed by atoms with Crippen LogP contribution in [0, 0.1) is 6.92 Å². The number of benzene rings is 1. The van der Waals surface area contributed by atoms with Gasteiger partial charge in [0.1, 0.15) is 0 Å². The van der Waals surface area contributed by atoms with Gasteiger partial charge in [-0.05, 0) is 44.7 Å². The summed E-state index contributed by atoms with van der Waals surface area (Å²) in [6.45, 7) is 5.23. The van der Waals surface area contributed by atoms with Crippen LogP contribution >= 0.6 is 0 Å². The van der Waals surface area contributed by atoms with Gasteiger partial charge in [0, 0.05) is 0 Å². The van der Waals surface area contributed by atoms with Gasteiger partial charge in [0.05, 0.1) is 12.2 Å². The monoisotopic (exact) mass is 264 g/mol. The molecule has 3 atom stereocenters. The van der Waals surface area contributed by atoms with Crippen molar-refractivity contribution in [1.29, 1.82) is 0 Å². The van der Waals surface area contributed by atoms with Crippen LogP contribution in [0.15, 0.2) is 18.2 Å². The highest BCUT2D eigenvalue weighted by molar-refractivity contribution is 5.81. The lowest BCUT2D eigenvalue weighted by Gasteiger charge is -2.31. The summed E-state index contributed by atoms with van der Waals surface area (Å²) in [5, 5.41) is 19.2. The van der Waals surface area contributed by atoms with Gasteiger partial charge in [0.15, 0.2) is 5.60 Å². The molecule has 3 unspecified atom stereocenters. The lowest BCUT2D eigenvalue weighted by molar-refractivity contribution is -0.182. The smallest absolute Gasteiger partial charge is 0.340 e. The standard InChI is InChI=1S/C15H20O4/c1-9-4-5-12-6-7-15(14(17)18,13(12)8-9)19-11(3)10(2)16/h4-5,8,10-11,16H,6-7H2,1-3H3,(H,17,18). The fourth-order valence-electron chi connectivity index (χ4n) is 2.54. The highest BCUT2D eigenvalue weighted by atomic mass is 16.5. The van der Waals surface area contributed by atoms with Gasteiger partial charge in [-0.1, -0.05) is 23.8 Å². The molecule has 0 amide bonds. The second kappa shape index (κ2) is 4.94. The third kappa shape index (κ3) is 2.38. The third-order valence-corrected chi connectivity index (χ3v) is 3.86. The van der Waals surface area contributed by atoms with Crippen molar-refractivity contribution in [3.8, 4) is 0 Å². The Hall–Kier alpha value is -1.39. The average molecular weight is 264 g/mol. The molecule has 0 aromatic heterocycles. The van der Waals surface area contributed by atoms with Crippen LogP contribution in [0.1, 0.15) is 37.0 Å². The summed E-state index contributed by atoms with van der Waals surface area (Å²) in [6.07, 6.45) is -0.125. The summed E-state index contributed by atoms with van der Waals surface area (Å²) >= 11 is 0. The minimum absolute atomic E-state index is 0.415. The number of carboxylic acids is 1. The van der Waals surface area contributed by atoms with Crippen LogP contribution in [0.5, 0.6) is 0 Å². The van der Waals surface area contributed by atoms with Gasteiger partial charge < -0.3 is 14.9 Å². The summed E-state index contributed by atoms with van der Waals surface area (Å²) in [4.78, 5) is 11.7. The normalized spacial score (nSPS) is 24.8. The maximum Gasteiger partial charge on any atom is 0.340 e. The van der Waals surface area contributed by atoms with Crippen LogP contribution in [-0.2, 0) is 21.6 Å². The molecule has 0 fully saturated rings. The molecule has 0 saturated carbocycles. The van der Waals surface area contributed by atoms with Gasteiger partial charge in [0.25, 0.3) is 0 Å². The fraction of sp³-hybridized carbons (Fsp3) is 0.533. The molecule has 4 heteroatoms. The average Bonchev–Trinajstić information content (AvgIpc) is 2.69. The quantitative estimate of drug-likeness (QED) is 0.873. The van der Waals surface area contributed by atoms with E-state index in [9.17, 15) is 15.0 Å². The van der Waals surface area contributed by atoms with Crippen molar-refractivity contribution in [3.63, 3.8) is 0 Å². The molecule has 0 aliphatic heterocycles. The van der Waals surface area contributed by atoms with E-state index >= 15 is 0 Å². The number of ether oxygens (including phenoxy) is 1. The van der Waals surface area contributed by atoms with Crippen LogP contribution in [0.2, 0.25) is 0 Å². The predicted molar refractivity (Wildman–Crippen MR) is 71.0 cm³/mol. The van der Waals surface area contributed by atoms with Gasteiger partial charge in [-0.15, -0.1) is 0 Å². The van der Waals surface area contributed by atoms with Crippen molar-refractivity contribution in [3.05, 3.63) is 34.9 Å². The van der Waals surface area contributed by atoms with E-state index in [1.807, 2.05) is 25.1 Å². The molecule has 1 aliphatic carbocycles. The number of aliphatic hydroxyl groups excluding tert-OH is 1. The Balaban J connectivity index is 2.44. The summed E-state index contributed by atoms with van der Waals surface area (Å²) in [5.41, 5.74) is 1.44. The topological polar surface area (TPSA) is 66.8 Å². The van der Waals surface area contributed by atoms with Crippen molar-refractivity contribution in [2.24, 2.45) is 0 Å². The molecule has 0 saturated heterocycles.